The SMILES string of the molecule is O=C(NCc1ccncc1)Nc1ccc(S(=O)(=O)c2ccc(OC(F)(F)F)cc2)cc1. The molecule has 3 rings (SSSR count). The van der Waals surface area contributed by atoms with Crippen molar-refractivity contribution < 1.29 is 31.1 Å². The second-order valence-electron chi connectivity index (χ2n) is 6.21. The Hall–Kier alpha value is -3.60. The molecule has 0 unspecified atom stereocenters. The zero-order valence-corrected chi connectivity index (χ0v) is 16.6. The van der Waals surface area contributed by atoms with Crippen LogP contribution in [0.15, 0.2) is 82.8 Å². The van der Waals surface area contributed by atoms with Gasteiger partial charge in [-0.1, -0.05) is 0 Å². The lowest BCUT2D eigenvalue weighted by Gasteiger charge is -2.10. The predicted molar refractivity (Wildman–Crippen MR) is 105 cm³/mol. The summed E-state index contributed by atoms with van der Waals surface area (Å²) in [5.41, 5.74) is 1.22. The first-order chi connectivity index (χ1) is 14.6. The Balaban J connectivity index is 1.63. The van der Waals surface area contributed by atoms with Crippen LogP contribution in [0.5, 0.6) is 5.75 Å². The van der Waals surface area contributed by atoms with Crippen LogP contribution in [-0.4, -0.2) is 25.8 Å². The second-order valence-corrected chi connectivity index (χ2v) is 8.16. The minimum Gasteiger partial charge on any atom is -0.406 e. The van der Waals surface area contributed by atoms with E-state index in [1.165, 1.54) is 24.3 Å². The number of ether oxygens (including phenoxy) is 1. The molecule has 7 nitrogen and oxygen atoms in total. The lowest BCUT2D eigenvalue weighted by Crippen LogP contribution is -2.28. The number of urea groups is 1. The summed E-state index contributed by atoms with van der Waals surface area (Å²) in [4.78, 5) is 15.6. The molecule has 1 heterocycles. The molecule has 1 aromatic heterocycles. The van der Waals surface area contributed by atoms with Gasteiger partial charge in [0.1, 0.15) is 5.75 Å². The van der Waals surface area contributed by atoms with E-state index in [0.717, 1.165) is 29.8 Å². The minimum absolute atomic E-state index is 0.0836. The van der Waals surface area contributed by atoms with Crippen molar-refractivity contribution in [3.63, 3.8) is 0 Å². The maximum absolute atomic E-state index is 12.7. The second kappa shape index (κ2) is 9.04. The standard InChI is InChI=1S/C20H16F3N3O4S/c21-20(22,23)30-16-3-7-18(8-4-16)31(28,29)17-5-1-15(2-6-17)26-19(27)25-13-14-9-11-24-12-10-14/h1-12H,13H2,(H2,25,26,27). The average molecular weight is 451 g/mol. The molecule has 0 spiro atoms. The monoisotopic (exact) mass is 451 g/mol. The summed E-state index contributed by atoms with van der Waals surface area (Å²) in [5.74, 6) is -0.524. The predicted octanol–water partition coefficient (Wildman–Crippen LogP) is 4.13. The number of carbonyl (C=O) groups is 1. The molecule has 0 bridgehead atoms. The van der Waals surface area contributed by atoms with Gasteiger partial charge in [-0.2, -0.15) is 0 Å². The van der Waals surface area contributed by atoms with Crippen LogP contribution in [0.3, 0.4) is 0 Å². The number of rotatable bonds is 6. The minimum atomic E-state index is -4.87. The third-order valence-corrected chi connectivity index (χ3v) is 5.78. The van der Waals surface area contributed by atoms with Crippen molar-refractivity contribution in [2.75, 3.05) is 5.32 Å². The van der Waals surface area contributed by atoms with E-state index < -0.39 is 28.0 Å². The first-order valence-electron chi connectivity index (χ1n) is 8.78. The molecule has 0 saturated carbocycles. The summed E-state index contributed by atoms with van der Waals surface area (Å²) in [7, 11) is -3.96. The van der Waals surface area contributed by atoms with E-state index in [2.05, 4.69) is 20.4 Å². The van der Waals surface area contributed by atoms with Crippen LogP contribution in [-0.2, 0) is 16.4 Å². The van der Waals surface area contributed by atoms with Gasteiger partial charge in [-0.25, -0.2) is 13.2 Å². The van der Waals surface area contributed by atoms with Crippen LogP contribution in [0.25, 0.3) is 0 Å². The largest absolute Gasteiger partial charge is 0.573 e. The van der Waals surface area contributed by atoms with E-state index in [1.54, 1.807) is 24.5 Å². The van der Waals surface area contributed by atoms with Gasteiger partial charge in [0.25, 0.3) is 0 Å². The Morgan fingerprint density at radius 2 is 1.45 bits per heavy atom. The summed E-state index contributed by atoms with van der Waals surface area (Å²) in [6.45, 7) is 0.287. The van der Waals surface area contributed by atoms with Gasteiger partial charge in [0.15, 0.2) is 0 Å². The zero-order valence-electron chi connectivity index (χ0n) is 15.8. The van der Waals surface area contributed by atoms with Crippen LogP contribution < -0.4 is 15.4 Å². The van der Waals surface area contributed by atoms with Crippen LogP contribution in [0.1, 0.15) is 5.56 Å². The Morgan fingerprint density at radius 1 is 0.903 bits per heavy atom. The number of benzene rings is 2. The van der Waals surface area contributed by atoms with Crippen molar-refractivity contribution in [3.05, 3.63) is 78.6 Å². The molecule has 31 heavy (non-hydrogen) atoms. The number of amides is 2. The van der Waals surface area contributed by atoms with Gasteiger partial charge in [0.2, 0.25) is 9.84 Å². The average Bonchev–Trinajstić information content (AvgIpc) is 2.73. The zero-order chi connectivity index (χ0) is 22.5. The van der Waals surface area contributed by atoms with Crippen molar-refractivity contribution in [1.29, 1.82) is 0 Å². The lowest BCUT2D eigenvalue weighted by atomic mass is 10.3. The Kier molecular flexibility index (Phi) is 6.44. The Labute approximate surface area is 175 Å². The van der Waals surface area contributed by atoms with Crippen molar-refractivity contribution in [2.24, 2.45) is 0 Å². The number of pyridine rings is 1. The molecular weight excluding hydrogens is 435 g/mol. The fourth-order valence-electron chi connectivity index (χ4n) is 2.53. The highest BCUT2D eigenvalue weighted by Gasteiger charge is 2.31. The highest BCUT2D eigenvalue weighted by Crippen LogP contribution is 2.27. The van der Waals surface area contributed by atoms with Crippen LogP contribution in [0.2, 0.25) is 0 Å². The van der Waals surface area contributed by atoms with E-state index in [1.807, 2.05) is 0 Å². The quantitative estimate of drug-likeness (QED) is 0.587. The summed E-state index contributed by atoms with van der Waals surface area (Å²) in [5, 5.41) is 5.23. The van der Waals surface area contributed by atoms with Crippen molar-refractivity contribution in [1.82, 2.24) is 10.3 Å². The fourth-order valence-corrected chi connectivity index (χ4v) is 3.79. The number of nitrogens with one attached hydrogen (secondary N) is 2. The number of sulfone groups is 1. The van der Waals surface area contributed by atoms with Crippen LogP contribution in [0.4, 0.5) is 23.7 Å². The van der Waals surface area contributed by atoms with Gasteiger partial charge in [-0.05, 0) is 66.2 Å². The van der Waals surface area contributed by atoms with E-state index >= 15 is 0 Å². The van der Waals surface area contributed by atoms with Gasteiger partial charge in [0, 0.05) is 24.6 Å². The Bertz CT molecular complexity index is 1140. The molecule has 0 aliphatic carbocycles. The van der Waals surface area contributed by atoms with Gasteiger partial charge in [-0.15, -0.1) is 13.2 Å². The van der Waals surface area contributed by atoms with E-state index in [4.69, 9.17) is 0 Å². The smallest absolute Gasteiger partial charge is 0.406 e. The number of nitrogens with zero attached hydrogens (tertiary/aromatic N) is 1. The van der Waals surface area contributed by atoms with Crippen molar-refractivity contribution >= 4 is 21.6 Å². The molecule has 162 valence electrons. The number of hydrogen-bond donors (Lipinski definition) is 2. The van der Waals surface area contributed by atoms with Gasteiger partial charge in [-0.3, -0.25) is 4.98 Å². The molecule has 0 aliphatic rings. The first-order valence-corrected chi connectivity index (χ1v) is 10.3. The van der Waals surface area contributed by atoms with Gasteiger partial charge < -0.3 is 15.4 Å². The Morgan fingerprint density at radius 3 is 2.00 bits per heavy atom. The molecular formula is C20H16F3N3O4S. The summed E-state index contributed by atoms with van der Waals surface area (Å²) in [6, 6.07) is 12.3. The molecule has 2 amide bonds. The van der Waals surface area contributed by atoms with Gasteiger partial charge >= 0.3 is 12.4 Å². The first kappa shape index (κ1) is 22.1. The summed E-state index contributed by atoms with van der Waals surface area (Å²) in [6.07, 6.45) is -1.66. The molecule has 0 fully saturated rings. The normalized spacial score (nSPS) is 11.6. The third kappa shape index (κ3) is 6.19. The number of aromatic nitrogens is 1. The van der Waals surface area contributed by atoms with Crippen LogP contribution >= 0.6 is 0 Å². The highest BCUT2D eigenvalue weighted by atomic mass is 32.2. The molecule has 0 atom stereocenters. The molecule has 2 N–H and O–H groups in total. The summed E-state index contributed by atoms with van der Waals surface area (Å²) < 4.78 is 65.7. The maximum atomic E-state index is 12.7. The maximum Gasteiger partial charge on any atom is 0.573 e. The number of alkyl halides is 3. The third-order valence-electron chi connectivity index (χ3n) is 3.99. The van der Waals surface area contributed by atoms with E-state index in [9.17, 15) is 26.4 Å². The van der Waals surface area contributed by atoms with Gasteiger partial charge in [0.05, 0.1) is 9.79 Å². The summed E-state index contributed by atoms with van der Waals surface area (Å²) >= 11 is 0. The number of halogens is 3. The molecule has 2 aromatic carbocycles. The molecule has 0 radical (unpaired) electrons. The number of carbonyl (C=O) groups excluding carboxylic acids is 1. The molecule has 3 aromatic rings. The molecule has 0 aliphatic heterocycles. The fraction of sp³-hybridized carbons (Fsp3) is 0.100. The van der Waals surface area contributed by atoms with Crippen LogP contribution in [0, 0.1) is 0 Å². The van der Waals surface area contributed by atoms with E-state index in [-0.39, 0.29) is 16.3 Å². The lowest BCUT2D eigenvalue weighted by molar-refractivity contribution is -0.274. The number of anilines is 1. The number of hydrogen-bond acceptors (Lipinski definition) is 5. The highest BCUT2D eigenvalue weighted by molar-refractivity contribution is 7.91. The molecule has 11 heteroatoms. The van der Waals surface area contributed by atoms with Crippen molar-refractivity contribution in [3.8, 4) is 5.75 Å². The topological polar surface area (TPSA) is 97.4 Å². The van der Waals surface area contributed by atoms with Crippen molar-refractivity contribution in [2.45, 2.75) is 22.7 Å². The molecule has 0 saturated heterocycles. The van der Waals surface area contributed by atoms with E-state index in [0.29, 0.717) is 5.69 Å².